The minimum absolute atomic E-state index is 0.239. The van der Waals surface area contributed by atoms with Crippen molar-refractivity contribution >= 4 is 5.91 Å². The van der Waals surface area contributed by atoms with Crippen molar-refractivity contribution in [3.63, 3.8) is 0 Å². The Morgan fingerprint density at radius 1 is 1.40 bits per heavy atom. The maximum atomic E-state index is 12.3. The predicted octanol–water partition coefficient (Wildman–Crippen LogP) is 0.184. The van der Waals surface area contributed by atoms with E-state index in [2.05, 4.69) is 4.90 Å². The Morgan fingerprint density at radius 3 is 2.75 bits per heavy atom. The standard InChI is InChI=1S/C15H26N2O3/c1-16(15(19)14-8-13(14)11-2-3-11)9-12(18)10-17-4-6-20-7-5-17/h11-14,18H,2-10H2,1H3. The van der Waals surface area contributed by atoms with Gasteiger partial charge < -0.3 is 14.7 Å². The topological polar surface area (TPSA) is 53.0 Å². The fourth-order valence-electron chi connectivity index (χ4n) is 3.37. The lowest BCUT2D eigenvalue weighted by atomic mass is 10.2. The summed E-state index contributed by atoms with van der Waals surface area (Å²) in [6.45, 7) is 4.32. The number of nitrogens with zero attached hydrogens (tertiary/aromatic N) is 2. The number of carbonyl (C=O) groups is 1. The van der Waals surface area contributed by atoms with Gasteiger partial charge in [-0.25, -0.2) is 0 Å². The zero-order valence-corrected chi connectivity index (χ0v) is 12.3. The number of amides is 1. The first-order chi connectivity index (χ1) is 9.65. The molecule has 0 bridgehead atoms. The Hall–Kier alpha value is -0.650. The van der Waals surface area contributed by atoms with Gasteiger partial charge in [-0.1, -0.05) is 0 Å². The van der Waals surface area contributed by atoms with E-state index >= 15 is 0 Å². The van der Waals surface area contributed by atoms with Gasteiger partial charge in [0.25, 0.3) is 0 Å². The fourth-order valence-corrected chi connectivity index (χ4v) is 3.37. The van der Waals surface area contributed by atoms with E-state index in [1.807, 2.05) is 7.05 Å². The number of hydrogen-bond donors (Lipinski definition) is 1. The molecule has 5 heteroatoms. The van der Waals surface area contributed by atoms with Crippen molar-refractivity contribution in [1.29, 1.82) is 0 Å². The van der Waals surface area contributed by atoms with Gasteiger partial charge in [0.05, 0.1) is 19.3 Å². The molecule has 3 fully saturated rings. The monoisotopic (exact) mass is 282 g/mol. The molecule has 1 amide bonds. The first-order valence-electron chi connectivity index (χ1n) is 7.88. The maximum absolute atomic E-state index is 12.3. The second-order valence-electron chi connectivity index (χ2n) is 6.63. The Labute approximate surface area is 120 Å². The van der Waals surface area contributed by atoms with Gasteiger partial charge >= 0.3 is 0 Å². The van der Waals surface area contributed by atoms with Gasteiger partial charge in [-0.05, 0) is 31.1 Å². The van der Waals surface area contributed by atoms with Crippen LogP contribution < -0.4 is 0 Å². The molecule has 2 saturated carbocycles. The highest BCUT2D eigenvalue weighted by Gasteiger charge is 2.51. The molecule has 3 unspecified atom stereocenters. The molecule has 0 aromatic carbocycles. The van der Waals surface area contributed by atoms with Gasteiger partial charge in [0.1, 0.15) is 0 Å². The van der Waals surface area contributed by atoms with E-state index in [4.69, 9.17) is 4.74 Å². The zero-order valence-electron chi connectivity index (χ0n) is 12.3. The van der Waals surface area contributed by atoms with E-state index in [1.54, 1.807) is 4.90 Å². The Morgan fingerprint density at radius 2 is 2.10 bits per heavy atom. The minimum atomic E-state index is -0.458. The number of aliphatic hydroxyl groups is 1. The summed E-state index contributed by atoms with van der Waals surface area (Å²) in [7, 11) is 1.83. The Kier molecular flexibility index (Phi) is 4.29. The molecule has 20 heavy (non-hydrogen) atoms. The van der Waals surface area contributed by atoms with Crippen molar-refractivity contribution in [2.75, 3.05) is 46.4 Å². The molecule has 1 heterocycles. The molecule has 0 radical (unpaired) electrons. The van der Waals surface area contributed by atoms with E-state index in [0.29, 0.717) is 19.0 Å². The smallest absolute Gasteiger partial charge is 0.225 e. The average molecular weight is 282 g/mol. The van der Waals surface area contributed by atoms with Crippen LogP contribution in [-0.4, -0.2) is 73.4 Å². The van der Waals surface area contributed by atoms with E-state index in [-0.39, 0.29) is 11.8 Å². The predicted molar refractivity (Wildman–Crippen MR) is 75.2 cm³/mol. The Balaban J connectivity index is 1.38. The number of ether oxygens (including phenoxy) is 1. The molecule has 1 N–H and O–H groups in total. The largest absolute Gasteiger partial charge is 0.390 e. The molecular formula is C15H26N2O3. The van der Waals surface area contributed by atoms with Crippen LogP contribution in [-0.2, 0) is 9.53 Å². The third kappa shape index (κ3) is 3.51. The lowest BCUT2D eigenvalue weighted by Crippen LogP contribution is -2.45. The number of aliphatic hydroxyl groups excluding tert-OH is 1. The van der Waals surface area contributed by atoms with E-state index in [9.17, 15) is 9.90 Å². The van der Waals surface area contributed by atoms with Crippen LogP contribution in [0.5, 0.6) is 0 Å². The van der Waals surface area contributed by atoms with Gasteiger partial charge in [0, 0.05) is 39.1 Å². The molecule has 3 atom stereocenters. The summed E-state index contributed by atoms with van der Waals surface area (Å²) in [5.74, 6) is 1.97. The van der Waals surface area contributed by atoms with Crippen LogP contribution in [0.25, 0.3) is 0 Å². The second kappa shape index (κ2) is 6.00. The second-order valence-corrected chi connectivity index (χ2v) is 6.63. The van der Waals surface area contributed by atoms with Crippen molar-refractivity contribution < 1.29 is 14.6 Å². The number of β-amino-alcohol motifs (C(OH)–C–C–N with tert-alkyl or cyclic N) is 1. The van der Waals surface area contributed by atoms with Crippen molar-refractivity contribution in [3.8, 4) is 0 Å². The number of hydrogen-bond acceptors (Lipinski definition) is 4. The zero-order chi connectivity index (χ0) is 14.1. The number of rotatable bonds is 6. The van der Waals surface area contributed by atoms with Crippen LogP contribution in [0, 0.1) is 17.8 Å². The molecule has 1 aliphatic heterocycles. The highest BCUT2D eigenvalue weighted by Crippen LogP contribution is 2.54. The van der Waals surface area contributed by atoms with Crippen molar-refractivity contribution in [2.45, 2.75) is 25.4 Å². The van der Waals surface area contributed by atoms with Gasteiger partial charge in [0.2, 0.25) is 5.91 Å². The van der Waals surface area contributed by atoms with Crippen LogP contribution in [0.3, 0.4) is 0 Å². The first-order valence-corrected chi connectivity index (χ1v) is 7.88. The van der Waals surface area contributed by atoms with E-state index in [0.717, 1.165) is 38.6 Å². The number of likely N-dealkylation sites (N-methyl/N-ethyl adjacent to an activating group) is 1. The Bertz CT molecular complexity index is 353. The van der Waals surface area contributed by atoms with E-state index in [1.165, 1.54) is 12.8 Å². The van der Waals surface area contributed by atoms with Crippen LogP contribution >= 0.6 is 0 Å². The molecule has 0 aromatic heterocycles. The summed E-state index contributed by atoms with van der Waals surface area (Å²) in [5, 5.41) is 10.1. The van der Waals surface area contributed by atoms with Crippen molar-refractivity contribution in [2.24, 2.45) is 17.8 Å². The molecule has 114 valence electrons. The lowest BCUT2D eigenvalue weighted by molar-refractivity contribution is -0.133. The molecule has 2 aliphatic carbocycles. The highest BCUT2D eigenvalue weighted by atomic mass is 16.5. The number of morpholine rings is 1. The van der Waals surface area contributed by atoms with Gasteiger partial charge in [-0.3, -0.25) is 9.69 Å². The summed E-state index contributed by atoms with van der Waals surface area (Å²) in [6.07, 6.45) is 3.25. The van der Waals surface area contributed by atoms with Gasteiger partial charge in [0.15, 0.2) is 0 Å². The number of carbonyl (C=O) groups excluding carboxylic acids is 1. The molecule has 1 saturated heterocycles. The molecule has 0 aromatic rings. The maximum Gasteiger partial charge on any atom is 0.225 e. The normalized spacial score (nSPS) is 31.9. The summed E-state index contributed by atoms with van der Waals surface area (Å²) in [4.78, 5) is 16.2. The summed E-state index contributed by atoms with van der Waals surface area (Å²) in [6, 6.07) is 0. The molecule has 0 spiro atoms. The first kappa shape index (κ1) is 14.3. The summed E-state index contributed by atoms with van der Waals surface area (Å²) >= 11 is 0. The van der Waals surface area contributed by atoms with Gasteiger partial charge in [-0.15, -0.1) is 0 Å². The average Bonchev–Trinajstić information content (AvgIpc) is 3.28. The van der Waals surface area contributed by atoms with Crippen molar-refractivity contribution in [3.05, 3.63) is 0 Å². The van der Waals surface area contributed by atoms with Crippen LogP contribution in [0.2, 0.25) is 0 Å². The van der Waals surface area contributed by atoms with Crippen LogP contribution in [0.15, 0.2) is 0 Å². The van der Waals surface area contributed by atoms with Crippen LogP contribution in [0.4, 0.5) is 0 Å². The molecular weight excluding hydrogens is 256 g/mol. The summed E-state index contributed by atoms with van der Waals surface area (Å²) in [5.41, 5.74) is 0. The lowest BCUT2D eigenvalue weighted by Gasteiger charge is -2.30. The minimum Gasteiger partial charge on any atom is -0.390 e. The third-order valence-corrected chi connectivity index (χ3v) is 4.82. The molecule has 3 rings (SSSR count). The van der Waals surface area contributed by atoms with Crippen LogP contribution in [0.1, 0.15) is 19.3 Å². The highest BCUT2D eigenvalue weighted by molar-refractivity contribution is 5.81. The molecule has 3 aliphatic rings. The third-order valence-electron chi connectivity index (χ3n) is 4.82. The summed E-state index contributed by atoms with van der Waals surface area (Å²) < 4.78 is 5.29. The van der Waals surface area contributed by atoms with E-state index < -0.39 is 6.10 Å². The van der Waals surface area contributed by atoms with Gasteiger partial charge in [-0.2, -0.15) is 0 Å². The fraction of sp³-hybridized carbons (Fsp3) is 0.933. The molecule has 5 nitrogen and oxygen atoms in total. The quantitative estimate of drug-likeness (QED) is 0.755. The SMILES string of the molecule is CN(CC(O)CN1CCOCC1)C(=O)C1CC1C1CC1. The van der Waals surface area contributed by atoms with Crippen molar-refractivity contribution in [1.82, 2.24) is 9.80 Å².